The monoisotopic (exact) mass is 392 g/mol. The van der Waals surface area contributed by atoms with Crippen molar-refractivity contribution in [3.05, 3.63) is 29.8 Å². The van der Waals surface area contributed by atoms with Gasteiger partial charge in [-0.05, 0) is 49.9 Å². The van der Waals surface area contributed by atoms with Crippen LogP contribution in [0.25, 0.3) is 0 Å². The number of hydrogen-bond acceptors (Lipinski definition) is 2. The summed E-state index contributed by atoms with van der Waals surface area (Å²) in [5.41, 5.74) is 0.284. The Morgan fingerprint density at radius 3 is 2.14 bits per heavy atom. The first-order chi connectivity index (χ1) is 13.4. The highest BCUT2D eigenvalue weighted by Gasteiger charge is 2.21. The third-order valence-corrected chi connectivity index (χ3v) is 4.56. The number of rotatable bonds is 12. The van der Waals surface area contributed by atoms with Crippen LogP contribution in [-0.4, -0.2) is 79.3 Å². The molecule has 1 aromatic rings. The minimum atomic E-state index is -0.913. The van der Waals surface area contributed by atoms with E-state index in [1.54, 1.807) is 24.3 Å². The number of hydrogen-bond donors (Lipinski definition) is 1. The molecule has 0 radical (unpaired) electrons. The summed E-state index contributed by atoms with van der Waals surface area (Å²) < 4.78 is 7.90. The van der Waals surface area contributed by atoms with Crippen LogP contribution < -0.4 is 4.74 Å². The molecule has 0 aromatic heterocycles. The van der Waals surface area contributed by atoms with E-state index in [0.717, 1.165) is 31.7 Å². The second-order valence-electron chi connectivity index (χ2n) is 7.52. The van der Waals surface area contributed by atoms with Gasteiger partial charge in [0.15, 0.2) is 0 Å². The molecular weight excluding hydrogens is 354 g/mol. The van der Waals surface area contributed by atoms with E-state index in [2.05, 4.69) is 49.5 Å². The maximum absolute atomic E-state index is 10.8. The summed E-state index contributed by atoms with van der Waals surface area (Å²) in [5, 5.41) is 8.90. The molecule has 0 bridgehead atoms. The molecule has 0 atom stereocenters. The summed E-state index contributed by atoms with van der Waals surface area (Å²) in [6.45, 7) is 5.07. The van der Waals surface area contributed by atoms with Crippen LogP contribution in [0.4, 0.5) is 0 Å². The summed E-state index contributed by atoms with van der Waals surface area (Å²) in [6.07, 6.45) is 6.90. The van der Waals surface area contributed by atoms with E-state index in [1.807, 2.05) is 0 Å². The van der Waals surface area contributed by atoms with Crippen molar-refractivity contribution in [2.45, 2.75) is 45.4 Å². The van der Waals surface area contributed by atoms with Crippen molar-refractivity contribution in [2.75, 3.05) is 47.9 Å². The normalized spacial score (nSPS) is 10.5. The Morgan fingerprint density at radius 1 is 1.00 bits per heavy atom. The first-order valence-corrected chi connectivity index (χ1v) is 10.3. The first kappa shape index (κ1) is 23.8. The lowest BCUT2D eigenvalue weighted by molar-refractivity contribution is -0.476. The third-order valence-electron chi connectivity index (χ3n) is 4.56. The van der Waals surface area contributed by atoms with Crippen LogP contribution in [0.2, 0.25) is 0 Å². The van der Waals surface area contributed by atoms with Gasteiger partial charge < -0.3 is 9.84 Å². The van der Waals surface area contributed by atoms with Gasteiger partial charge in [-0.1, -0.05) is 19.8 Å². The zero-order valence-corrected chi connectivity index (χ0v) is 18.3. The lowest BCUT2D eigenvalue weighted by atomic mass is 10.2. The Kier molecular flexibility index (Phi) is 11.1. The predicted octanol–water partition coefficient (Wildman–Crippen LogP) is 3.62. The third kappa shape index (κ3) is 8.63. The highest BCUT2D eigenvalue weighted by atomic mass is 16.5. The van der Waals surface area contributed by atoms with Crippen LogP contribution in [0, 0.1) is 0 Å². The van der Waals surface area contributed by atoms with E-state index in [9.17, 15) is 4.79 Å². The molecule has 0 aliphatic rings. The van der Waals surface area contributed by atoms with Gasteiger partial charge >= 0.3 is 11.9 Å². The minimum Gasteiger partial charge on any atom is -0.494 e. The van der Waals surface area contributed by atoms with Gasteiger partial charge in [0.25, 0.3) is 0 Å². The van der Waals surface area contributed by atoms with E-state index in [-0.39, 0.29) is 5.56 Å². The van der Waals surface area contributed by atoms with Crippen LogP contribution in [0.3, 0.4) is 0 Å². The first-order valence-electron chi connectivity index (χ1n) is 10.3. The quantitative estimate of drug-likeness (QED) is 0.255. The molecule has 1 rings (SSSR count). The molecule has 1 N–H and O–H groups in total. The standard InChI is InChI=1S/C22H37N3O3/c1-6-7-16-25(22(23(2)3)24(4)5)17-10-8-9-11-18-28-20-14-12-19(13-15-20)21(26)27/h12-15H,6-11,16-18H2,1-5H3/p+1. The molecular formula is C22H38N3O3+. The summed E-state index contributed by atoms with van der Waals surface area (Å²) in [6, 6.07) is 6.59. The Balaban J connectivity index is 2.31. The van der Waals surface area contributed by atoms with Gasteiger partial charge in [-0.25, -0.2) is 4.79 Å². The van der Waals surface area contributed by atoms with Gasteiger partial charge in [-0.2, -0.15) is 0 Å². The van der Waals surface area contributed by atoms with Crippen molar-refractivity contribution in [3.63, 3.8) is 0 Å². The Bertz CT molecular complexity index is 608. The molecule has 0 heterocycles. The zero-order valence-electron chi connectivity index (χ0n) is 18.3. The van der Waals surface area contributed by atoms with Crippen LogP contribution in [0.5, 0.6) is 5.75 Å². The summed E-state index contributed by atoms with van der Waals surface area (Å²) in [5.74, 6) is 1.08. The zero-order chi connectivity index (χ0) is 20.9. The second-order valence-corrected chi connectivity index (χ2v) is 7.52. The Hall–Kier alpha value is -2.24. The van der Waals surface area contributed by atoms with Crippen LogP contribution in [-0.2, 0) is 0 Å². The molecule has 0 aliphatic heterocycles. The van der Waals surface area contributed by atoms with Crippen LogP contribution in [0.15, 0.2) is 24.3 Å². The highest BCUT2D eigenvalue weighted by molar-refractivity contribution is 5.87. The van der Waals surface area contributed by atoms with Crippen LogP contribution >= 0.6 is 0 Å². The number of carbonyl (C=O) groups is 1. The van der Waals surface area contributed by atoms with Crippen molar-refractivity contribution in [3.8, 4) is 5.75 Å². The van der Waals surface area contributed by atoms with Crippen molar-refractivity contribution in [2.24, 2.45) is 0 Å². The fourth-order valence-electron chi connectivity index (χ4n) is 3.27. The fourth-order valence-corrected chi connectivity index (χ4v) is 3.27. The van der Waals surface area contributed by atoms with E-state index in [0.29, 0.717) is 6.61 Å². The Labute approximate surface area is 170 Å². The number of guanidine groups is 1. The second kappa shape index (κ2) is 13.0. The van der Waals surface area contributed by atoms with Gasteiger partial charge in [0.05, 0.1) is 53.5 Å². The lowest BCUT2D eigenvalue weighted by Gasteiger charge is -2.25. The SMILES string of the molecule is CCCCN(CCCCCCOc1ccc(C(=O)O)cc1)C(N(C)C)=[N+](C)C. The Morgan fingerprint density at radius 2 is 1.61 bits per heavy atom. The minimum absolute atomic E-state index is 0.284. The number of aromatic carboxylic acids is 1. The van der Waals surface area contributed by atoms with Crippen molar-refractivity contribution >= 4 is 11.9 Å². The van der Waals surface area contributed by atoms with Crippen molar-refractivity contribution in [1.29, 1.82) is 0 Å². The molecule has 6 nitrogen and oxygen atoms in total. The summed E-state index contributed by atoms with van der Waals surface area (Å²) in [7, 11) is 8.42. The van der Waals surface area contributed by atoms with Gasteiger partial charge in [0.2, 0.25) is 0 Å². The average molecular weight is 393 g/mol. The van der Waals surface area contributed by atoms with Gasteiger partial charge in [0, 0.05) is 0 Å². The molecule has 6 heteroatoms. The summed E-state index contributed by atoms with van der Waals surface area (Å²) >= 11 is 0. The predicted molar refractivity (Wildman–Crippen MR) is 115 cm³/mol. The van der Waals surface area contributed by atoms with Gasteiger partial charge in [0.1, 0.15) is 5.75 Å². The topological polar surface area (TPSA) is 56.0 Å². The van der Waals surface area contributed by atoms with E-state index < -0.39 is 5.97 Å². The molecule has 0 saturated carbocycles. The summed E-state index contributed by atoms with van der Waals surface area (Å²) in [4.78, 5) is 15.5. The van der Waals surface area contributed by atoms with E-state index in [1.165, 1.54) is 31.6 Å². The molecule has 158 valence electrons. The largest absolute Gasteiger partial charge is 0.494 e. The van der Waals surface area contributed by atoms with Gasteiger partial charge in [-0.3, -0.25) is 14.4 Å². The number of benzene rings is 1. The molecule has 0 saturated heterocycles. The maximum Gasteiger partial charge on any atom is 0.349 e. The van der Waals surface area contributed by atoms with Crippen molar-refractivity contribution in [1.82, 2.24) is 9.80 Å². The number of nitrogens with zero attached hydrogens (tertiary/aromatic N) is 3. The number of carboxylic acid groups (broad SMARTS) is 1. The molecule has 0 amide bonds. The molecule has 1 aromatic carbocycles. The van der Waals surface area contributed by atoms with E-state index >= 15 is 0 Å². The fraction of sp³-hybridized carbons (Fsp3) is 0.636. The average Bonchev–Trinajstić information content (AvgIpc) is 2.64. The van der Waals surface area contributed by atoms with Gasteiger partial charge in [-0.15, -0.1) is 0 Å². The van der Waals surface area contributed by atoms with E-state index in [4.69, 9.17) is 9.84 Å². The molecule has 0 fully saturated rings. The number of carboxylic acids is 1. The molecule has 0 spiro atoms. The molecule has 0 aliphatic carbocycles. The maximum atomic E-state index is 10.8. The number of unbranched alkanes of at least 4 members (excludes halogenated alkanes) is 4. The number of ether oxygens (including phenoxy) is 1. The lowest BCUT2D eigenvalue weighted by Crippen LogP contribution is -2.46. The van der Waals surface area contributed by atoms with Crippen LogP contribution in [0.1, 0.15) is 55.8 Å². The smallest absolute Gasteiger partial charge is 0.349 e. The van der Waals surface area contributed by atoms with Crippen molar-refractivity contribution < 1.29 is 19.2 Å². The highest BCUT2D eigenvalue weighted by Crippen LogP contribution is 2.13. The molecule has 28 heavy (non-hydrogen) atoms. The molecule has 0 unspecified atom stereocenters.